The van der Waals surface area contributed by atoms with E-state index in [1.165, 1.54) is 7.11 Å². The third-order valence-electron chi connectivity index (χ3n) is 2.91. The van der Waals surface area contributed by atoms with Crippen molar-refractivity contribution in [1.29, 1.82) is 0 Å². The van der Waals surface area contributed by atoms with E-state index in [0.717, 1.165) is 31.4 Å². The molecule has 19 heavy (non-hydrogen) atoms. The van der Waals surface area contributed by atoms with Crippen molar-refractivity contribution >= 4 is 5.97 Å². The van der Waals surface area contributed by atoms with Crippen LogP contribution in [0.1, 0.15) is 35.2 Å². The number of methoxy groups -OCH3 is 1. The molecule has 0 aliphatic carbocycles. The lowest BCUT2D eigenvalue weighted by Gasteiger charge is -2.21. The van der Waals surface area contributed by atoms with Crippen LogP contribution in [-0.2, 0) is 25.9 Å². The second-order valence-electron chi connectivity index (χ2n) is 4.34. The lowest BCUT2D eigenvalue weighted by atomic mass is 10.1. The van der Waals surface area contributed by atoms with Crippen LogP contribution < -0.4 is 0 Å². The van der Waals surface area contributed by atoms with Crippen molar-refractivity contribution in [3.8, 4) is 0 Å². The predicted octanol–water partition coefficient (Wildman–Crippen LogP) is 2.45. The number of hydrogen-bond acceptors (Lipinski definition) is 5. The van der Waals surface area contributed by atoms with E-state index < -0.39 is 0 Å². The number of carbonyl (C=O) groups excluding carboxylic acids is 1. The van der Waals surface area contributed by atoms with Gasteiger partial charge in [0.15, 0.2) is 6.29 Å². The summed E-state index contributed by atoms with van der Waals surface area (Å²) >= 11 is 0. The number of esters is 1. The highest BCUT2D eigenvalue weighted by Gasteiger charge is 2.15. The van der Waals surface area contributed by atoms with Gasteiger partial charge in [-0.2, -0.15) is 0 Å². The topological polar surface area (TPSA) is 54.0 Å². The van der Waals surface area contributed by atoms with E-state index >= 15 is 0 Å². The fourth-order valence-electron chi connectivity index (χ4n) is 1.82. The van der Waals surface area contributed by atoms with E-state index in [9.17, 15) is 4.79 Å². The van der Waals surface area contributed by atoms with Gasteiger partial charge in [0.25, 0.3) is 0 Å². The van der Waals surface area contributed by atoms with Gasteiger partial charge in [-0.3, -0.25) is 0 Å². The molecule has 0 aromatic heterocycles. The van der Waals surface area contributed by atoms with Crippen LogP contribution in [0.15, 0.2) is 24.3 Å². The summed E-state index contributed by atoms with van der Waals surface area (Å²) in [4.78, 5) is 21.6. The Kier molecular flexibility index (Phi) is 5.32. The zero-order valence-electron chi connectivity index (χ0n) is 11.0. The van der Waals surface area contributed by atoms with Crippen molar-refractivity contribution in [2.24, 2.45) is 0 Å². The Morgan fingerprint density at radius 1 is 1.32 bits per heavy atom. The van der Waals surface area contributed by atoms with Gasteiger partial charge < -0.3 is 9.47 Å². The molecule has 1 saturated heterocycles. The molecule has 0 bridgehead atoms. The highest BCUT2D eigenvalue weighted by atomic mass is 17.2. The molecule has 1 aliphatic rings. The number of carbonyl (C=O) groups is 1. The van der Waals surface area contributed by atoms with Gasteiger partial charge in [-0.1, -0.05) is 12.1 Å². The average molecular weight is 266 g/mol. The Morgan fingerprint density at radius 2 is 2.11 bits per heavy atom. The molecule has 1 fully saturated rings. The van der Waals surface area contributed by atoms with E-state index in [0.29, 0.717) is 12.2 Å². The third-order valence-corrected chi connectivity index (χ3v) is 2.91. The van der Waals surface area contributed by atoms with E-state index in [4.69, 9.17) is 14.5 Å². The van der Waals surface area contributed by atoms with Crippen LogP contribution in [-0.4, -0.2) is 26.0 Å². The summed E-state index contributed by atoms with van der Waals surface area (Å²) in [6.07, 6.45) is 2.78. The lowest BCUT2D eigenvalue weighted by molar-refractivity contribution is -0.390. The minimum Gasteiger partial charge on any atom is -0.465 e. The Bertz CT molecular complexity index is 395. The molecule has 104 valence electrons. The standard InChI is InChI=1S/C14H18O5/c1-16-14(15)12-7-5-11(6-8-12)10-18-19-13-4-2-3-9-17-13/h5-8,13H,2-4,9-10H2,1H3. The van der Waals surface area contributed by atoms with Gasteiger partial charge in [-0.15, -0.1) is 0 Å². The molecule has 0 saturated carbocycles. The Balaban J connectivity index is 1.75. The van der Waals surface area contributed by atoms with Gasteiger partial charge in [0, 0.05) is 13.0 Å². The van der Waals surface area contributed by atoms with Gasteiger partial charge in [0.2, 0.25) is 0 Å². The van der Waals surface area contributed by atoms with Crippen molar-refractivity contribution in [3.63, 3.8) is 0 Å². The monoisotopic (exact) mass is 266 g/mol. The van der Waals surface area contributed by atoms with Crippen LogP contribution in [0.5, 0.6) is 0 Å². The molecule has 1 heterocycles. The molecule has 0 N–H and O–H groups in total. The smallest absolute Gasteiger partial charge is 0.337 e. The fraction of sp³-hybridized carbons (Fsp3) is 0.500. The second kappa shape index (κ2) is 7.23. The van der Waals surface area contributed by atoms with E-state index in [2.05, 4.69) is 4.74 Å². The summed E-state index contributed by atoms with van der Waals surface area (Å²) in [7, 11) is 1.36. The summed E-state index contributed by atoms with van der Waals surface area (Å²) in [5.41, 5.74) is 1.44. The van der Waals surface area contributed by atoms with E-state index in [1.54, 1.807) is 24.3 Å². The van der Waals surface area contributed by atoms with Gasteiger partial charge in [-0.05, 0) is 30.5 Å². The zero-order chi connectivity index (χ0) is 13.5. The average Bonchev–Trinajstić information content (AvgIpc) is 2.48. The summed E-state index contributed by atoms with van der Waals surface area (Å²) in [6, 6.07) is 7.00. The Hall–Kier alpha value is -1.43. The van der Waals surface area contributed by atoms with E-state index in [1.807, 2.05) is 0 Å². The van der Waals surface area contributed by atoms with Crippen LogP contribution >= 0.6 is 0 Å². The molecule has 2 rings (SSSR count). The van der Waals surface area contributed by atoms with Crippen molar-refractivity contribution in [2.45, 2.75) is 32.2 Å². The number of ether oxygens (including phenoxy) is 2. The second-order valence-corrected chi connectivity index (χ2v) is 4.34. The zero-order valence-corrected chi connectivity index (χ0v) is 11.0. The number of benzene rings is 1. The first-order valence-corrected chi connectivity index (χ1v) is 6.37. The molecule has 1 atom stereocenters. The molecule has 1 aliphatic heterocycles. The Labute approximate surface area is 112 Å². The van der Waals surface area contributed by atoms with Crippen molar-refractivity contribution in [2.75, 3.05) is 13.7 Å². The van der Waals surface area contributed by atoms with Crippen LogP contribution in [0.3, 0.4) is 0 Å². The fourth-order valence-corrected chi connectivity index (χ4v) is 1.82. The quantitative estimate of drug-likeness (QED) is 0.465. The van der Waals surface area contributed by atoms with Crippen LogP contribution in [0.25, 0.3) is 0 Å². The minimum absolute atomic E-state index is 0.261. The van der Waals surface area contributed by atoms with Crippen LogP contribution in [0.2, 0.25) is 0 Å². The van der Waals surface area contributed by atoms with Gasteiger partial charge in [0.05, 0.1) is 12.7 Å². The molecule has 1 aromatic carbocycles. The van der Waals surface area contributed by atoms with Crippen LogP contribution in [0, 0.1) is 0 Å². The molecular weight excluding hydrogens is 248 g/mol. The van der Waals surface area contributed by atoms with Gasteiger partial charge in [0.1, 0.15) is 6.61 Å². The molecule has 0 spiro atoms. The molecule has 5 heteroatoms. The first-order valence-electron chi connectivity index (χ1n) is 6.37. The van der Waals surface area contributed by atoms with Crippen molar-refractivity contribution < 1.29 is 24.0 Å². The Morgan fingerprint density at radius 3 is 2.74 bits per heavy atom. The largest absolute Gasteiger partial charge is 0.465 e. The maximum Gasteiger partial charge on any atom is 0.337 e. The minimum atomic E-state index is -0.348. The summed E-state index contributed by atoms with van der Waals surface area (Å²) < 4.78 is 10.00. The molecule has 1 unspecified atom stereocenters. The first-order chi connectivity index (χ1) is 9.29. The predicted molar refractivity (Wildman–Crippen MR) is 67.2 cm³/mol. The SMILES string of the molecule is COC(=O)c1ccc(COOC2CCCCO2)cc1. The number of hydrogen-bond donors (Lipinski definition) is 0. The van der Waals surface area contributed by atoms with E-state index in [-0.39, 0.29) is 12.3 Å². The van der Waals surface area contributed by atoms with Crippen molar-refractivity contribution in [1.82, 2.24) is 0 Å². The van der Waals surface area contributed by atoms with Gasteiger partial charge in [-0.25, -0.2) is 14.6 Å². The molecule has 1 aromatic rings. The number of rotatable bonds is 5. The highest BCUT2D eigenvalue weighted by Crippen LogP contribution is 2.15. The van der Waals surface area contributed by atoms with Gasteiger partial charge >= 0.3 is 5.97 Å². The summed E-state index contributed by atoms with van der Waals surface area (Å²) in [5, 5.41) is 0. The molecule has 5 nitrogen and oxygen atoms in total. The molecular formula is C14H18O5. The van der Waals surface area contributed by atoms with Crippen molar-refractivity contribution in [3.05, 3.63) is 35.4 Å². The maximum atomic E-state index is 11.3. The lowest BCUT2D eigenvalue weighted by Crippen LogP contribution is -2.22. The highest BCUT2D eigenvalue weighted by molar-refractivity contribution is 5.89. The molecule has 0 radical (unpaired) electrons. The maximum absolute atomic E-state index is 11.3. The summed E-state index contributed by atoms with van der Waals surface area (Å²) in [6.45, 7) is 1.04. The van der Waals surface area contributed by atoms with Crippen LogP contribution in [0.4, 0.5) is 0 Å². The normalized spacial score (nSPS) is 19.1. The first kappa shape index (κ1) is 14.0. The third kappa shape index (κ3) is 4.31. The molecule has 0 amide bonds. The summed E-state index contributed by atoms with van der Waals surface area (Å²) in [5.74, 6) is -0.348.